The summed E-state index contributed by atoms with van der Waals surface area (Å²) in [6.07, 6.45) is 0.148. The number of aliphatic carboxylic acids is 1. The lowest BCUT2D eigenvalue weighted by atomic mass is 9.96. The number of halogens is 1. The summed E-state index contributed by atoms with van der Waals surface area (Å²) in [7, 11) is 0. The molecule has 0 fully saturated rings. The Hall–Kier alpha value is -1.69. The van der Waals surface area contributed by atoms with Gasteiger partial charge in [0.25, 0.3) is 11.8 Å². The lowest BCUT2D eigenvalue weighted by molar-refractivity contribution is -0.147. The maximum absolute atomic E-state index is 12.3. The van der Waals surface area contributed by atoms with Crippen molar-refractivity contribution in [1.29, 1.82) is 0 Å². The van der Waals surface area contributed by atoms with E-state index in [0.29, 0.717) is 4.47 Å². The minimum absolute atomic E-state index is 0.148. The van der Waals surface area contributed by atoms with Gasteiger partial charge >= 0.3 is 5.97 Å². The zero-order chi connectivity index (χ0) is 14.4. The van der Waals surface area contributed by atoms with Crippen molar-refractivity contribution in [3.8, 4) is 0 Å². The molecule has 0 radical (unpaired) electrons. The van der Waals surface area contributed by atoms with Crippen molar-refractivity contribution in [2.75, 3.05) is 0 Å². The first-order chi connectivity index (χ1) is 8.82. The van der Waals surface area contributed by atoms with Crippen LogP contribution in [-0.2, 0) is 4.79 Å². The number of imide groups is 1. The zero-order valence-corrected chi connectivity index (χ0v) is 12.0. The third-order valence-corrected chi connectivity index (χ3v) is 3.98. The predicted molar refractivity (Wildman–Crippen MR) is 71.0 cm³/mol. The van der Waals surface area contributed by atoms with Crippen LogP contribution in [0.25, 0.3) is 0 Å². The van der Waals surface area contributed by atoms with Gasteiger partial charge in [-0.2, -0.15) is 0 Å². The lowest BCUT2D eigenvalue weighted by Crippen LogP contribution is -2.54. The van der Waals surface area contributed by atoms with Gasteiger partial charge in [-0.15, -0.1) is 0 Å². The summed E-state index contributed by atoms with van der Waals surface area (Å²) in [5.41, 5.74) is -1.05. The molecule has 6 heteroatoms. The van der Waals surface area contributed by atoms with Crippen LogP contribution in [0.15, 0.2) is 22.7 Å². The van der Waals surface area contributed by atoms with Gasteiger partial charge in [0.2, 0.25) is 0 Å². The van der Waals surface area contributed by atoms with Gasteiger partial charge in [-0.1, -0.05) is 22.9 Å². The number of nitrogens with zero attached hydrogens (tertiary/aromatic N) is 1. The fraction of sp³-hybridized carbons (Fsp3) is 0.308. The molecule has 2 rings (SSSR count). The molecule has 100 valence electrons. The Bertz CT molecular complexity index is 598. The van der Waals surface area contributed by atoms with Crippen LogP contribution in [-0.4, -0.2) is 33.3 Å². The van der Waals surface area contributed by atoms with E-state index in [1.807, 2.05) is 0 Å². The number of carbonyl (C=O) groups excluding carboxylic acids is 2. The third-order valence-electron chi connectivity index (χ3n) is 3.49. The molecule has 1 atom stereocenters. The maximum atomic E-state index is 12.3. The molecule has 1 aliphatic rings. The van der Waals surface area contributed by atoms with E-state index in [1.165, 1.54) is 19.1 Å². The molecule has 1 aromatic rings. The Kier molecular flexibility index (Phi) is 3.22. The van der Waals surface area contributed by atoms with Gasteiger partial charge in [-0.25, -0.2) is 4.79 Å². The van der Waals surface area contributed by atoms with Gasteiger partial charge in [-0.05, 0) is 31.5 Å². The van der Waals surface area contributed by atoms with Crippen molar-refractivity contribution in [2.24, 2.45) is 0 Å². The molecule has 0 aromatic heterocycles. The van der Waals surface area contributed by atoms with E-state index >= 15 is 0 Å². The molecule has 0 spiro atoms. The minimum atomic E-state index is -1.53. The van der Waals surface area contributed by atoms with E-state index in [9.17, 15) is 19.5 Å². The van der Waals surface area contributed by atoms with Crippen LogP contribution in [0.4, 0.5) is 0 Å². The molecule has 5 nitrogen and oxygen atoms in total. The van der Waals surface area contributed by atoms with E-state index in [1.54, 1.807) is 13.0 Å². The van der Waals surface area contributed by atoms with Gasteiger partial charge in [0.05, 0.1) is 11.1 Å². The van der Waals surface area contributed by atoms with Gasteiger partial charge < -0.3 is 5.11 Å². The van der Waals surface area contributed by atoms with Crippen molar-refractivity contribution in [3.05, 3.63) is 33.8 Å². The molecular formula is C13H12BrNO4. The van der Waals surface area contributed by atoms with E-state index in [4.69, 9.17) is 0 Å². The number of carbonyl (C=O) groups is 3. The first kappa shape index (κ1) is 13.7. The fourth-order valence-electron chi connectivity index (χ4n) is 2.07. The highest BCUT2D eigenvalue weighted by Gasteiger charge is 2.49. The Morgan fingerprint density at radius 1 is 1.32 bits per heavy atom. The van der Waals surface area contributed by atoms with Crippen LogP contribution in [0.1, 0.15) is 41.0 Å². The molecule has 19 heavy (non-hydrogen) atoms. The summed E-state index contributed by atoms with van der Waals surface area (Å²) in [4.78, 5) is 36.8. The number of hydrogen-bond acceptors (Lipinski definition) is 3. The Morgan fingerprint density at radius 3 is 2.42 bits per heavy atom. The summed E-state index contributed by atoms with van der Waals surface area (Å²) in [6.45, 7) is 3.01. The van der Waals surface area contributed by atoms with Crippen LogP contribution >= 0.6 is 15.9 Å². The fourth-order valence-corrected chi connectivity index (χ4v) is 2.43. The van der Waals surface area contributed by atoms with Crippen molar-refractivity contribution in [3.63, 3.8) is 0 Å². The highest BCUT2D eigenvalue weighted by Crippen LogP contribution is 2.32. The summed E-state index contributed by atoms with van der Waals surface area (Å²) < 4.78 is 0.669. The second kappa shape index (κ2) is 4.45. The molecule has 0 aliphatic carbocycles. The van der Waals surface area contributed by atoms with Crippen LogP contribution < -0.4 is 0 Å². The number of carboxylic acids is 1. The van der Waals surface area contributed by atoms with Crippen molar-refractivity contribution in [1.82, 2.24) is 4.90 Å². The molecule has 0 saturated carbocycles. The first-order valence-corrected chi connectivity index (χ1v) is 6.54. The summed E-state index contributed by atoms with van der Waals surface area (Å²) in [6, 6.07) is 4.71. The van der Waals surface area contributed by atoms with Crippen molar-refractivity contribution >= 4 is 33.7 Å². The van der Waals surface area contributed by atoms with E-state index in [2.05, 4.69) is 15.9 Å². The highest BCUT2D eigenvalue weighted by molar-refractivity contribution is 9.10. The number of rotatable bonds is 3. The molecule has 1 aliphatic heterocycles. The van der Waals surface area contributed by atoms with E-state index < -0.39 is 23.3 Å². The number of benzene rings is 1. The number of hydrogen-bond donors (Lipinski definition) is 1. The first-order valence-electron chi connectivity index (χ1n) is 5.74. The Labute approximate surface area is 118 Å². The molecule has 1 N–H and O–H groups in total. The topological polar surface area (TPSA) is 74.7 Å². The number of carboxylic acid groups (broad SMARTS) is 1. The van der Waals surface area contributed by atoms with Crippen molar-refractivity contribution < 1.29 is 19.5 Å². The molecule has 0 bridgehead atoms. The average molecular weight is 326 g/mol. The zero-order valence-electron chi connectivity index (χ0n) is 10.4. The maximum Gasteiger partial charge on any atom is 0.329 e. The van der Waals surface area contributed by atoms with Crippen LogP contribution in [0.5, 0.6) is 0 Å². The van der Waals surface area contributed by atoms with Gasteiger partial charge in [-0.3, -0.25) is 14.5 Å². The van der Waals surface area contributed by atoms with Crippen LogP contribution in [0.3, 0.4) is 0 Å². The molecule has 1 heterocycles. The smallest absolute Gasteiger partial charge is 0.329 e. The number of amides is 2. The second-order valence-electron chi connectivity index (χ2n) is 4.57. The largest absolute Gasteiger partial charge is 0.479 e. The summed E-state index contributed by atoms with van der Waals surface area (Å²) >= 11 is 3.23. The summed E-state index contributed by atoms with van der Waals surface area (Å²) in [5.74, 6) is -2.31. The van der Waals surface area contributed by atoms with Crippen molar-refractivity contribution in [2.45, 2.75) is 25.8 Å². The molecule has 1 aromatic carbocycles. The molecular weight excluding hydrogens is 314 g/mol. The molecule has 2 amide bonds. The van der Waals surface area contributed by atoms with Gasteiger partial charge in [0.1, 0.15) is 5.54 Å². The third kappa shape index (κ3) is 1.87. The van der Waals surface area contributed by atoms with E-state index in [-0.39, 0.29) is 17.5 Å². The van der Waals surface area contributed by atoms with Gasteiger partial charge in [0.15, 0.2) is 0 Å². The quantitative estimate of drug-likeness (QED) is 0.865. The summed E-state index contributed by atoms with van der Waals surface area (Å²) in [5, 5.41) is 9.31. The predicted octanol–water partition coefficient (Wildman–Crippen LogP) is 2.30. The standard InChI is InChI=1S/C13H12BrNO4/c1-3-13(2,12(18)19)15-10(16)8-5-4-7(14)6-9(8)11(15)17/h4-6H,3H2,1-2H3,(H,18,19). The minimum Gasteiger partial charge on any atom is -0.479 e. The number of fused-ring (bicyclic) bond motifs is 1. The monoisotopic (exact) mass is 325 g/mol. The molecule has 0 saturated heterocycles. The SMILES string of the molecule is CCC(C)(C(=O)O)N1C(=O)c2ccc(Br)cc2C1=O. The highest BCUT2D eigenvalue weighted by atomic mass is 79.9. The average Bonchev–Trinajstić information content (AvgIpc) is 2.61. The normalized spacial score (nSPS) is 17.3. The van der Waals surface area contributed by atoms with Crippen LogP contribution in [0, 0.1) is 0 Å². The van der Waals surface area contributed by atoms with Crippen LogP contribution in [0.2, 0.25) is 0 Å². The Balaban J connectivity index is 2.57. The Morgan fingerprint density at radius 2 is 1.89 bits per heavy atom. The second-order valence-corrected chi connectivity index (χ2v) is 5.48. The van der Waals surface area contributed by atoms with Gasteiger partial charge in [0, 0.05) is 4.47 Å². The lowest BCUT2D eigenvalue weighted by Gasteiger charge is -2.32. The van der Waals surface area contributed by atoms with E-state index in [0.717, 1.165) is 4.90 Å². The molecule has 1 unspecified atom stereocenters.